The lowest BCUT2D eigenvalue weighted by Gasteiger charge is -2.09. The molecule has 2 aromatic rings. The summed E-state index contributed by atoms with van der Waals surface area (Å²) >= 11 is 0. The van der Waals surface area contributed by atoms with E-state index in [-0.39, 0.29) is 19.0 Å². The van der Waals surface area contributed by atoms with Gasteiger partial charge in [0.1, 0.15) is 0 Å². The molecule has 86 valence electrons. The van der Waals surface area contributed by atoms with E-state index in [1.54, 1.807) is 18.3 Å². The zero-order valence-corrected chi connectivity index (χ0v) is 8.67. The Morgan fingerprint density at radius 1 is 1.38 bits per heavy atom. The fraction of sp³-hybridized carbons (Fsp3) is 0.273. The summed E-state index contributed by atoms with van der Waals surface area (Å²) in [4.78, 5) is 0. The zero-order chi connectivity index (χ0) is 11.7. The Labute approximate surface area is 92.3 Å². The molecule has 0 amide bonds. The molecule has 2 rings (SSSR count). The van der Waals surface area contributed by atoms with E-state index in [0.29, 0.717) is 11.1 Å². The Bertz CT molecular complexity index is 507. The molecule has 0 aliphatic carbocycles. The molecule has 1 aromatic carbocycles. The molecule has 0 saturated heterocycles. The summed E-state index contributed by atoms with van der Waals surface area (Å²) in [6.45, 7) is -0.208. The van der Waals surface area contributed by atoms with Crippen molar-refractivity contribution in [2.24, 2.45) is 0 Å². The summed E-state index contributed by atoms with van der Waals surface area (Å²) in [5.41, 5.74) is 6.24. The predicted molar refractivity (Wildman–Crippen MR) is 61.1 cm³/mol. The molecule has 1 heterocycles. The van der Waals surface area contributed by atoms with Gasteiger partial charge in [0.2, 0.25) is 5.88 Å². The number of aromatic hydroxyl groups is 1. The number of fused-ring (bicyclic) bond motifs is 1. The van der Waals surface area contributed by atoms with Crippen molar-refractivity contribution < 1.29 is 15.3 Å². The van der Waals surface area contributed by atoms with Crippen LogP contribution in [-0.4, -0.2) is 32.6 Å². The van der Waals surface area contributed by atoms with Crippen molar-refractivity contribution in [1.82, 2.24) is 4.57 Å². The Hall–Kier alpha value is -1.72. The molecule has 5 nitrogen and oxygen atoms in total. The van der Waals surface area contributed by atoms with Gasteiger partial charge in [-0.15, -0.1) is 0 Å². The molecule has 0 spiro atoms. The van der Waals surface area contributed by atoms with Gasteiger partial charge in [-0.05, 0) is 6.07 Å². The van der Waals surface area contributed by atoms with Crippen LogP contribution in [0.4, 0.5) is 5.69 Å². The smallest absolute Gasteiger partial charge is 0.201 e. The van der Waals surface area contributed by atoms with Gasteiger partial charge in [-0.25, -0.2) is 0 Å². The lowest BCUT2D eigenvalue weighted by molar-refractivity contribution is 0.0796. The van der Waals surface area contributed by atoms with Crippen molar-refractivity contribution in [1.29, 1.82) is 0 Å². The van der Waals surface area contributed by atoms with E-state index in [4.69, 9.17) is 10.8 Å². The number of benzene rings is 1. The topological polar surface area (TPSA) is 91.6 Å². The second-order valence-electron chi connectivity index (χ2n) is 3.75. The number of rotatable bonds is 3. The van der Waals surface area contributed by atoms with E-state index in [9.17, 15) is 10.2 Å². The number of aliphatic hydroxyl groups excluding tert-OH is 2. The number of nitrogens with zero attached hydrogens (tertiary/aromatic N) is 1. The Morgan fingerprint density at radius 2 is 2.12 bits per heavy atom. The summed E-state index contributed by atoms with van der Waals surface area (Å²) in [7, 11) is 0. The molecule has 0 bridgehead atoms. The van der Waals surface area contributed by atoms with Gasteiger partial charge in [0.15, 0.2) is 0 Å². The van der Waals surface area contributed by atoms with Crippen LogP contribution in [0.2, 0.25) is 0 Å². The monoisotopic (exact) mass is 222 g/mol. The number of nitrogen functional groups attached to an aromatic ring is 1. The second-order valence-corrected chi connectivity index (χ2v) is 3.75. The molecule has 0 unspecified atom stereocenters. The van der Waals surface area contributed by atoms with E-state index in [0.717, 1.165) is 5.39 Å². The third-order valence-electron chi connectivity index (χ3n) is 2.54. The normalized spacial score (nSPS) is 13.1. The van der Waals surface area contributed by atoms with Crippen molar-refractivity contribution in [2.75, 3.05) is 12.3 Å². The van der Waals surface area contributed by atoms with Crippen LogP contribution in [0.3, 0.4) is 0 Å². The Morgan fingerprint density at radius 3 is 2.75 bits per heavy atom. The number of hydrogen-bond acceptors (Lipinski definition) is 4. The first-order valence-electron chi connectivity index (χ1n) is 4.98. The highest BCUT2D eigenvalue weighted by atomic mass is 16.3. The minimum atomic E-state index is -0.895. The summed E-state index contributed by atoms with van der Waals surface area (Å²) in [5, 5.41) is 29.4. The van der Waals surface area contributed by atoms with E-state index < -0.39 is 6.10 Å². The lowest BCUT2D eigenvalue weighted by Crippen LogP contribution is -2.18. The van der Waals surface area contributed by atoms with Gasteiger partial charge in [-0.3, -0.25) is 0 Å². The van der Waals surface area contributed by atoms with E-state index in [1.807, 2.05) is 6.07 Å². The summed E-state index contributed by atoms with van der Waals surface area (Å²) in [6, 6.07) is 5.33. The highest BCUT2D eigenvalue weighted by Gasteiger charge is 2.12. The zero-order valence-electron chi connectivity index (χ0n) is 8.67. The SMILES string of the molecule is Nc1cccc2cn(C[C@H](O)CO)c(O)c12. The van der Waals surface area contributed by atoms with Crippen molar-refractivity contribution in [2.45, 2.75) is 12.6 Å². The van der Waals surface area contributed by atoms with Crippen molar-refractivity contribution >= 4 is 16.5 Å². The minimum absolute atomic E-state index is 0.0144. The van der Waals surface area contributed by atoms with Crippen LogP contribution >= 0.6 is 0 Å². The van der Waals surface area contributed by atoms with Crippen LogP contribution in [-0.2, 0) is 6.54 Å². The molecule has 0 radical (unpaired) electrons. The maximum atomic E-state index is 9.90. The van der Waals surface area contributed by atoms with E-state index in [1.165, 1.54) is 4.57 Å². The Balaban J connectivity index is 2.48. The average Bonchev–Trinajstić information content (AvgIpc) is 2.57. The first-order valence-corrected chi connectivity index (χ1v) is 4.98. The molecule has 0 aliphatic rings. The molecule has 5 heteroatoms. The van der Waals surface area contributed by atoms with Crippen molar-refractivity contribution in [3.8, 4) is 5.88 Å². The van der Waals surface area contributed by atoms with Gasteiger partial charge in [-0.1, -0.05) is 12.1 Å². The molecular formula is C11H14N2O3. The fourth-order valence-corrected chi connectivity index (χ4v) is 1.75. The van der Waals surface area contributed by atoms with Crippen LogP contribution in [0.1, 0.15) is 0 Å². The molecule has 0 fully saturated rings. The molecular weight excluding hydrogens is 208 g/mol. The van der Waals surface area contributed by atoms with Gasteiger partial charge in [0.05, 0.1) is 24.6 Å². The summed E-state index contributed by atoms with van der Waals surface area (Å²) in [6.07, 6.45) is 0.800. The van der Waals surface area contributed by atoms with E-state index >= 15 is 0 Å². The number of aromatic nitrogens is 1. The van der Waals surface area contributed by atoms with E-state index in [2.05, 4.69) is 0 Å². The molecule has 1 aromatic heterocycles. The quantitative estimate of drug-likeness (QED) is 0.561. The van der Waals surface area contributed by atoms with Gasteiger partial charge in [-0.2, -0.15) is 0 Å². The van der Waals surface area contributed by atoms with Crippen molar-refractivity contribution in [3.63, 3.8) is 0 Å². The highest BCUT2D eigenvalue weighted by molar-refractivity contribution is 5.97. The molecule has 16 heavy (non-hydrogen) atoms. The standard InChI is InChI=1S/C11H14N2O3/c12-9-3-1-2-7-4-13(5-8(15)6-14)11(16)10(7)9/h1-4,8,14-16H,5-6,12H2/t8-/m0/s1. The van der Waals surface area contributed by atoms with Crippen LogP contribution in [0, 0.1) is 0 Å². The molecule has 5 N–H and O–H groups in total. The average molecular weight is 222 g/mol. The highest BCUT2D eigenvalue weighted by Crippen LogP contribution is 2.31. The van der Waals surface area contributed by atoms with Crippen molar-refractivity contribution in [3.05, 3.63) is 24.4 Å². The number of hydrogen-bond donors (Lipinski definition) is 4. The summed E-state index contributed by atoms with van der Waals surface area (Å²) in [5.74, 6) is 0.0144. The molecule has 1 atom stereocenters. The van der Waals surface area contributed by atoms with Gasteiger partial charge in [0, 0.05) is 17.3 Å². The van der Waals surface area contributed by atoms with Gasteiger partial charge in [0.25, 0.3) is 0 Å². The number of anilines is 1. The number of nitrogens with two attached hydrogens (primary N) is 1. The maximum absolute atomic E-state index is 9.90. The number of aliphatic hydroxyl groups is 2. The van der Waals surface area contributed by atoms with Crippen LogP contribution in [0.15, 0.2) is 24.4 Å². The summed E-state index contributed by atoms with van der Waals surface area (Å²) < 4.78 is 1.47. The van der Waals surface area contributed by atoms with Crippen LogP contribution < -0.4 is 5.73 Å². The Kier molecular flexibility index (Phi) is 2.72. The van der Waals surface area contributed by atoms with Gasteiger partial charge >= 0.3 is 0 Å². The molecule has 0 aliphatic heterocycles. The fourth-order valence-electron chi connectivity index (χ4n) is 1.75. The van der Waals surface area contributed by atoms with Crippen LogP contribution in [0.25, 0.3) is 10.8 Å². The second kappa shape index (κ2) is 4.03. The maximum Gasteiger partial charge on any atom is 0.201 e. The predicted octanol–water partition coefficient (Wildman–Crippen LogP) is 0.282. The molecule has 0 saturated carbocycles. The minimum Gasteiger partial charge on any atom is -0.494 e. The lowest BCUT2D eigenvalue weighted by atomic mass is 10.2. The first kappa shape index (κ1) is 10.8. The third kappa shape index (κ3) is 1.70. The third-order valence-corrected chi connectivity index (χ3v) is 2.54. The van der Waals surface area contributed by atoms with Crippen LogP contribution in [0.5, 0.6) is 5.88 Å². The van der Waals surface area contributed by atoms with Gasteiger partial charge < -0.3 is 25.6 Å². The first-order chi connectivity index (χ1) is 7.63. The largest absolute Gasteiger partial charge is 0.494 e.